The van der Waals surface area contributed by atoms with Gasteiger partial charge in [-0.3, -0.25) is 9.58 Å². The van der Waals surface area contributed by atoms with Gasteiger partial charge in [0.15, 0.2) is 11.6 Å². The number of fused-ring (bicyclic) bond motifs is 1. The molecule has 0 unspecified atom stereocenters. The normalized spacial score (nSPS) is 14.0. The average Bonchev–Trinajstić information content (AvgIpc) is 3.48. The number of phosphoric acid groups is 1. The molecule has 2 N–H and O–H groups in total. The van der Waals surface area contributed by atoms with Crippen molar-refractivity contribution in [3.63, 3.8) is 0 Å². The zero-order valence-corrected chi connectivity index (χ0v) is 22.3. The molecule has 2 amide bonds. The maximum atomic E-state index is 13.1. The SMILES string of the molecule is CCCN1Cc2c(nc(-c3cnn(Cc4cccc(C(F)(F)F)c4)c3)n2C(=O)OCOP(=O)(O)O)N(CC)C1=O. The Kier molecular flexibility index (Phi) is 8.35. The molecular weight excluding hydrogens is 560 g/mol. The van der Waals surface area contributed by atoms with Crippen molar-refractivity contribution >= 4 is 25.8 Å². The quantitative estimate of drug-likeness (QED) is 0.280. The fraction of sp³-hybridized carbons (Fsp3) is 0.391. The third-order valence-corrected chi connectivity index (χ3v) is 6.38. The van der Waals surface area contributed by atoms with E-state index in [1.54, 1.807) is 6.92 Å². The number of imidazole rings is 1. The summed E-state index contributed by atoms with van der Waals surface area (Å²) in [5.41, 5.74) is 0.0948. The summed E-state index contributed by atoms with van der Waals surface area (Å²) in [6, 6.07) is 4.46. The first kappa shape index (κ1) is 29.3. The van der Waals surface area contributed by atoms with Crippen molar-refractivity contribution in [3.8, 4) is 11.4 Å². The number of ether oxygens (including phenoxy) is 1. The molecule has 0 atom stereocenters. The topological polar surface area (TPSA) is 152 Å². The molecule has 1 aliphatic rings. The van der Waals surface area contributed by atoms with Crippen LogP contribution >= 0.6 is 7.82 Å². The van der Waals surface area contributed by atoms with Crippen LogP contribution in [0.5, 0.6) is 0 Å². The summed E-state index contributed by atoms with van der Waals surface area (Å²) in [7, 11) is -4.92. The minimum atomic E-state index is -4.92. The lowest BCUT2D eigenvalue weighted by Crippen LogP contribution is -2.48. The third-order valence-electron chi connectivity index (χ3n) is 5.94. The Balaban J connectivity index is 1.72. The van der Waals surface area contributed by atoms with Crippen LogP contribution in [-0.4, -0.2) is 66.0 Å². The van der Waals surface area contributed by atoms with Crippen LogP contribution in [0.3, 0.4) is 0 Å². The van der Waals surface area contributed by atoms with Gasteiger partial charge >= 0.3 is 26.1 Å². The van der Waals surface area contributed by atoms with Crippen LogP contribution in [0.2, 0.25) is 0 Å². The zero-order valence-electron chi connectivity index (χ0n) is 21.4. The number of anilines is 1. The van der Waals surface area contributed by atoms with Crippen molar-refractivity contribution in [2.24, 2.45) is 0 Å². The molecule has 0 saturated carbocycles. The molecule has 0 bridgehead atoms. The van der Waals surface area contributed by atoms with Crippen LogP contribution in [0.15, 0.2) is 36.7 Å². The summed E-state index contributed by atoms with van der Waals surface area (Å²) < 4.78 is 62.0. The van der Waals surface area contributed by atoms with Gasteiger partial charge in [0.05, 0.1) is 36.1 Å². The van der Waals surface area contributed by atoms with Gasteiger partial charge in [0.2, 0.25) is 6.79 Å². The van der Waals surface area contributed by atoms with Crippen molar-refractivity contribution in [1.82, 2.24) is 24.2 Å². The number of amides is 2. The molecule has 13 nitrogen and oxygen atoms in total. The van der Waals surface area contributed by atoms with Crippen LogP contribution in [0.4, 0.5) is 28.6 Å². The van der Waals surface area contributed by atoms with E-state index in [9.17, 15) is 27.3 Å². The Labute approximate surface area is 226 Å². The number of aromatic nitrogens is 4. The van der Waals surface area contributed by atoms with Gasteiger partial charge in [0.1, 0.15) is 0 Å². The molecule has 0 radical (unpaired) electrons. The van der Waals surface area contributed by atoms with E-state index in [1.165, 1.54) is 39.0 Å². The van der Waals surface area contributed by atoms with Crippen LogP contribution in [0, 0.1) is 0 Å². The molecule has 3 heterocycles. The molecule has 40 heavy (non-hydrogen) atoms. The summed E-state index contributed by atoms with van der Waals surface area (Å²) in [4.78, 5) is 51.4. The van der Waals surface area contributed by atoms with Gasteiger partial charge in [0, 0.05) is 19.3 Å². The van der Waals surface area contributed by atoms with Crippen molar-refractivity contribution in [3.05, 3.63) is 53.5 Å². The van der Waals surface area contributed by atoms with E-state index in [0.717, 1.165) is 16.7 Å². The second kappa shape index (κ2) is 11.4. The van der Waals surface area contributed by atoms with Crippen LogP contribution < -0.4 is 4.90 Å². The summed E-state index contributed by atoms with van der Waals surface area (Å²) in [6.07, 6.45) is -2.13. The molecule has 0 spiro atoms. The van der Waals surface area contributed by atoms with Gasteiger partial charge < -0.3 is 19.4 Å². The zero-order chi connectivity index (χ0) is 29.2. The second-order valence-electron chi connectivity index (χ2n) is 8.76. The first-order valence-electron chi connectivity index (χ1n) is 12.1. The first-order chi connectivity index (χ1) is 18.8. The van der Waals surface area contributed by atoms with Crippen molar-refractivity contribution < 1.29 is 46.4 Å². The Morgan fingerprint density at radius 3 is 2.62 bits per heavy atom. The first-order valence-corrected chi connectivity index (χ1v) is 13.6. The number of phosphoric ester groups is 1. The van der Waals surface area contributed by atoms with E-state index in [2.05, 4.69) is 14.6 Å². The molecule has 0 saturated heterocycles. The highest BCUT2D eigenvalue weighted by Crippen LogP contribution is 2.36. The van der Waals surface area contributed by atoms with E-state index in [-0.39, 0.29) is 48.6 Å². The number of alkyl halides is 3. The highest BCUT2D eigenvalue weighted by Gasteiger charge is 2.37. The highest BCUT2D eigenvalue weighted by molar-refractivity contribution is 7.46. The molecule has 0 aliphatic carbocycles. The third kappa shape index (κ3) is 6.36. The molecule has 1 aliphatic heterocycles. The monoisotopic (exact) mass is 586 g/mol. The minimum Gasteiger partial charge on any atom is -0.421 e. The lowest BCUT2D eigenvalue weighted by molar-refractivity contribution is -0.137. The Morgan fingerprint density at radius 1 is 1.23 bits per heavy atom. The van der Waals surface area contributed by atoms with E-state index >= 15 is 0 Å². The standard InChI is InChI=1S/C23H26F3N6O7P/c1-3-8-29-13-18-20(31(4-2)21(29)33)28-19(32(18)22(34)38-14-39-40(35,36)37)16-10-27-30(12-16)11-15-6-5-7-17(9-15)23(24,25)26/h5-7,9-10,12H,3-4,8,11,13-14H2,1-2H3,(H2,35,36,37). The molecular formula is C23H26F3N6O7P. The average molecular weight is 586 g/mol. The van der Waals surface area contributed by atoms with Crippen molar-refractivity contribution in [2.75, 3.05) is 24.8 Å². The maximum absolute atomic E-state index is 13.1. The van der Waals surface area contributed by atoms with Crippen molar-refractivity contribution in [1.29, 1.82) is 0 Å². The molecule has 0 fully saturated rings. The number of carbonyl (C=O) groups excluding carboxylic acids is 2. The number of hydrogen-bond acceptors (Lipinski definition) is 7. The second-order valence-corrected chi connectivity index (χ2v) is 10.0. The van der Waals surface area contributed by atoms with Gasteiger partial charge in [-0.2, -0.15) is 18.3 Å². The van der Waals surface area contributed by atoms with Crippen LogP contribution in [0.25, 0.3) is 11.4 Å². The number of benzene rings is 1. The Morgan fingerprint density at radius 2 is 1.98 bits per heavy atom. The number of urea groups is 1. The number of rotatable bonds is 9. The Hall–Kier alpha value is -3.72. The van der Waals surface area contributed by atoms with Gasteiger partial charge in [0.25, 0.3) is 0 Å². The highest BCUT2D eigenvalue weighted by atomic mass is 31.2. The van der Waals surface area contributed by atoms with Gasteiger partial charge in [-0.1, -0.05) is 19.1 Å². The van der Waals surface area contributed by atoms with Gasteiger partial charge in [-0.25, -0.2) is 28.2 Å². The smallest absolute Gasteiger partial charge is 0.421 e. The summed E-state index contributed by atoms with van der Waals surface area (Å²) >= 11 is 0. The molecule has 2 aromatic heterocycles. The minimum absolute atomic E-state index is 0.00166. The fourth-order valence-corrected chi connectivity index (χ4v) is 4.43. The van der Waals surface area contributed by atoms with Gasteiger partial charge in [-0.15, -0.1) is 0 Å². The maximum Gasteiger partial charge on any atom is 0.472 e. The van der Waals surface area contributed by atoms with E-state index in [4.69, 9.17) is 14.5 Å². The van der Waals surface area contributed by atoms with Crippen LogP contribution in [-0.2, 0) is 33.1 Å². The fourth-order valence-electron chi connectivity index (χ4n) is 4.24. The van der Waals surface area contributed by atoms with Crippen molar-refractivity contribution in [2.45, 2.75) is 39.5 Å². The number of carbonyl (C=O) groups is 2. The molecule has 1 aromatic carbocycles. The predicted octanol–water partition coefficient (Wildman–Crippen LogP) is 4.04. The van der Waals surface area contributed by atoms with E-state index in [0.29, 0.717) is 18.5 Å². The number of nitrogens with zero attached hydrogens (tertiary/aromatic N) is 6. The molecule has 4 rings (SSSR count). The lowest BCUT2D eigenvalue weighted by Gasteiger charge is -2.34. The predicted molar refractivity (Wildman–Crippen MR) is 133 cm³/mol. The summed E-state index contributed by atoms with van der Waals surface area (Å²) in [6.45, 7) is 3.16. The number of halogens is 3. The summed E-state index contributed by atoms with van der Waals surface area (Å²) in [5, 5.41) is 4.19. The van der Waals surface area contributed by atoms with E-state index in [1.807, 2.05) is 6.92 Å². The van der Waals surface area contributed by atoms with Crippen LogP contribution in [0.1, 0.15) is 37.1 Å². The molecule has 17 heteroatoms. The van der Waals surface area contributed by atoms with Gasteiger partial charge in [-0.05, 0) is 31.0 Å². The number of hydrogen-bond donors (Lipinski definition) is 2. The summed E-state index contributed by atoms with van der Waals surface area (Å²) in [5.74, 6) is 0.194. The lowest BCUT2D eigenvalue weighted by atomic mass is 10.1. The largest absolute Gasteiger partial charge is 0.472 e. The Bertz CT molecular complexity index is 1450. The molecule has 216 valence electrons. The van der Waals surface area contributed by atoms with E-state index < -0.39 is 32.4 Å². The molecule has 3 aromatic rings.